The van der Waals surface area contributed by atoms with E-state index in [9.17, 15) is 13.4 Å². The Bertz CT molecular complexity index is 768. The smallest absolute Gasteiger partial charge is 0.338 e. The summed E-state index contributed by atoms with van der Waals surface area (Å²) < 4.78 is 25.5. The van der Waals surface area contributed by atoms with Gasteiger partial charge in [0.1, 0.15) is 5.82 Å². The van der Waals surface area contributed by atoms with Crippen LogP contribution >= 0.6 is 0 Å². The number of hydrogen-bond donors (Lipinski definition) is 1. The van der Waals surface area contributed by atoms with Gasteiger partial charge in [-0.1, -0.05) is 12.1 Å². The third kappa shape index (κ3) is 3.52. The van der Waals surface area contributed by atoms with E-state index in [2.05, 4.69) is 0 Å². The maximum absolute atomic E-state index is 13.3. The van der Waals surface area contributed by atoms with E-state index in [0.29, 0.717) is 11.1 Å². The number of rotatable bonds is 4. The van der Waals surface area contributed by atoms with Crippen LogP contribution in [-0.2, 0) is 16.6 Å². The third-order valence-corrected chi connectivity index (χ3v) is 4.16. The number of carbonyl (C=O) groups is 1. The van der Waals surface area contributed by atoms with Crippen molar-refractivity contribution in [2.45, 2.75) is 10.6 Å². The van der Waals surface area contributed by atoms with E-state index >= 15 is 0 Å². The van der Waals surface area contributed by atoms with Gasteiger partial charge in [0, 0.05) is 4.90 Å². The predicted molar refractivity (Wildman–Crippen MR) is 74.6 cm³/mol. The zero-order chi connectivity index (χ0) is 15.4. The van der Waals surface area contributed by atoms with Gasteiger partial charge >= 0.3 is 5.97 Å². The summed E-state index contributed by atoms with van der Waals surface area (Å²) in [4.78, 5) is 11.1. The van der Waals surface area contributed by atoms with Gasteiger partial charge in [-0.05, 0) is 35.9 Å². The van der Waals surface area contributed by atoms with E-state index in [4.69, 9.17) is 10.4 Å². The molecule has 0 bridgehead atoms. The molecule has 0 radical (unpaired) electrons. The highest BCUT2D eigenvalue weighted by molar-refractivity contribution is 7.84. The van der Waals surface area contributed by atoms with E-state index in [-0.39, 0.29) is 10.6 Å². The van der Waals surface area contributed by atoms with Crippen LogP contribution < -0.4 is 0 Å². The maximum atomic E-state index is 13.3. The summed E-state index contributed by atoms with van der Waals surface area (Å²) in [6.07, 6.45) is 0. The quantitative estimate of drug-likeness (QED) is 0.942. The van der Waals surface area contributed by atoms with Crippen LogP contribution in [0.15, 0.2) is 47.4 Å². The van der Waals surface area contributed by atoms with E-state index in [0.717, 1.165) is 12.1 Å². The van der Waals surface area contributed by atoms with Gasteiger partial charge in [0.05, 0.1) is 33.7 Å². The largest absolute Gasteiger partial charge is 0.478 e. The number of nitriles is 1. The van der Waals surface area contributed by atoms with Crippen molar-refractivity contribution in [3.63, 3.8) is 0 Å². The summed E-state index contributed by atoms with van der Waals surface area (Å²) in [5, 5.41) is 17.7. The van der Waals surface area contributed by atoms with Gasteiger partial charge in [-0.25, -0.2) is 9.18 Å². The Morgan fingerprint density at radius 2 is 2.05 bits per heavy atom. The zero-order valence-electron chi connectivity index (χ0n) is 10.7. The van der Waals surface area contributed by atoms with Gasteiger partial charge in [-0.15, -0.1) is 0 Å². The molecule has 0 aliphatic carbocycles. The Labute approximate surface area is 122 Å². The third-order valence-electron chi connectivity index (χ3n) is 2.78. The number of nitrogens with zero attached hydrogens (tertiary/aromatic N) is 1. The second-order valence-electron chi connectivity index (χ2n) is 4.25. The molecule has 106 valence electrons. The lowest BCUT2D eigenvalue weighted by atomic mass is 10.2. The molecule has 1 N–H and O–H groups in total. The molecule has 2 rings (SSSR count). The average Bonchev–Trinajstić information content (AvgIpc) is 2.47. The van der Waals surface area contributed by atoms with Gasteiger partial charge in [0.15, 0.2) is 0 Å². The van der Waals surface area contributed by atoms with Crippen LogP contribution in [0.2, 0.25) is 0 Å². The minimum Gasteiger partial charge on any atom is -0.478 e. The van der Waals surface area contributed by atoms with E-state index in [1.165, 1.54) is 6.07 Å². The highest BCUT2D eigenvalue weighted by atomic mass is 32.2. The molecule has 2 aromatic rings. The first-order chi connectivity index (χ1) is 10.0. The number of carboxylic acid groups (broad SMARTS) is 1. The molecular formula is C15H10FNO3S. The van der Waals surface area contributed by atoms with Crippen molar-refractivity contribution >= 4 is 16.8 Å². The van der Waals surface area contributed by atoms with Gasteiger partial charge in [0.25, 0.3) is 0 Å². The molecule has 2 aromatic carbocycles. The molecular weight excluding hydrogens is 293 g/mol. The van der Waals surface area contributed by atoms with Crippen molar-refractivity contribution in [2.75, 3.05) is 0 Å². The SMILES string of the molecule is N#Cc1cccc(CS(=O)c2ccc(F)c(C(=O)O)c2)c1. The normalized spacial score (nSPS) is 11.6. The number of aromatic carboxylic acids is 1. The molecule has 21 heavy (non-hydrogen) atoms. The van der Waals surface area contributed by atoms with Crippen molar-refractivity contribution in [1.29, 1.82) is 5.26 Å². The van der Waals surface area contributed by atoms with Gasteiger partial charge in [-0.2, -0.15) is 5.26 Å². The minimum atomic E-state index is -1.52. The molecule has 4 nitrogen and oxygen atoms in total. The lowest BCUT2D eigenvalue weighted by Crippen LogP contribution is -2.04. The van der Waals surface area contributed by atoms with Crippen LogP contribution in [0.5, 0.6) is 0 Å². The van der Waals surface area contributed by atoms with E-state index in [1.54, 1.807) is 24.3 Å². The molecule has 1 unspecified atom stereocenters. The molecule has 0 aromatic heterocycles. The number of carboxylic acids is 1. The Morgan fingerprint density at radius 1 is 1.29 bits per heavy atom. The fourth-order valence-electron chi connectivity index (χ4n) is 1.78. The van der Waals surface area contributed by atoms with Gasteiger partial charge in [-0.3, -0.25) is 4.21 Å². The molecule has 0 spiro atoms. The number of halogens is 1. The van der Waals surface area contributed by atoms with Crippen LogP contribution in [0.3, 0.4) is 0 Å². The van der Waals surface area contributed by atoms with Crippen molar-refractivity contribution in [2.24, 2.45) is 0 Å². The summed E-state index contributed by atoms with van der Waals surface area (Å²) in [6, 6.07) is 12.0. The molecule has 0 saturated carbocycles. The first-order valence-electron chi connectivity index (χ1n) is 5.91. The topological polar surface area (TPSA) is 78.2 Å². The summed E-state index contributed by atoms with van der Waals surface area (Å²) >= 11 is 0. The lowest BCUT2D eigenvalue weighted by molar-refractivity contribution is 0.0691. The summed E-state index contributed by atoms with van der Waals surface area (Å²) in [7, 11) is -1.52. The minimum absolute atomic E-state index is 0.125. The molecule has 0 amide bonds. The molecule has 0 aliphatic rings. The van der Waals surface area contributed by atoms with Crippen LogP contribution in [-0.4, -0.2) is 15.3 Å². The second-order valence-corrected chi connectivity index (χ2v) is 5.70. The Hall–Kier alpha value is -2.52. The monoisotopic (exact) mass is 303 g/mol. The second kappa shape index (κ2) is 6.29. The number of benzene rings is 2. The van der Waals surface area contributed by atoms with Crippen molar-refractivity contribution in [1.82, 2.24) is 0 Å². The van der Waals surface area contributed by atoms with Crippen LogP contribution in [0, 0.1) is 17.1 Å². The Morgan fingerprint density at radius 3 is 2.71 bits per heavy atom. The Kier molecular flexibility index (Phi) is 4.45. The molecule has 0 saturated heterocycles. The van der Waals surface area contributed by atoms with Crippen LogP contribution in [0.1, 0.15) is 21.5 Å². The first-order valence-corrected chi connectivity index (χ1v) is 7.23. The average molecular weight is 303 g/mol. The van der Waals surface area contributed by atoms with E-state index < -0.39 is 28.1 Å². The Balaban J connectivity index is 2.26. The summed E-state index contributed by atoms with van der Waals surface area (Å²) in [5.74, 6) is -2.15. The molecule has 1 atom stereocenters. The summed E-state index contributed by atoms with van der Waals surface area (Å²) in [5.41, 5.74) is 0.634. The zero-order valence-corrected chi connectivity index (χ0v) is 11.6. The highest BCUT2D eigenvalue weighted by Crippen LogP contribution is 2.17. The maximum Gasteiger partial charge on any atom is 0.338 e. The van der Waals surface area contributed by atoms with Crippen molar-refractivity contribution < 1.29 is 18.5 Å². The summed E-state index contributed by atoms with van der Waals surface area (Å²) in [6.45, 7) is 0. The van der Waals surface area contributed by atoms with Gasteiger partial charge < -0.3 is 5.11 Å². The molecule has 0 aliphatic heterocycles. The predicted octanol–water partition coefficient (Wildman–Crippen LogP) is 2.70. The van der Waals surface area contributed by atoms with Crippen molar-refractivity contribution in [3.8, 4) is 6.07 Å². The van der Waals surface area contributed by atoms with Crippen molar-refractivity contribution in [3.05, 3.63) is 65.0 Å². The lowest BCUT2D eigenvalue weighted by Gasteiger charge is -2.05. The standard InChI is InChI=1S/C15H10FNO3S/c16-14-5-4-12(7-13(14)15(18)19)21(20)9-11-3-1-2-10(6-11)8-17/h1-7H,9H2,(H,18,19). The molecule has 6 heteroatoms. The first kappa shape index (κ1) is 14.9. The fraction of sp³-hybridized carbons (Fsp3) is 0.0667. The van der Waals surface area contributed by atoms with Crippen LogP contribution in [0.25, 0.3) is 0 Å². The van der Waals surface area contributed by atoms with Gasteiger partial charge in [0.2, 0.25) is 0 Å². The van der Waals surface area contributed by atoms with Crippen LogP contribution in [0.4, 0.5) is 4.39 Å². The fourth-order valence-corrected chi connectivity index (χ4v) is 2.89. The molecule has 0 heterocycles. The number of hydrogen-bond acceptors (Lipinski definition) is 3. The van der Waals surface area contributed by atoms with E-state index in [1.807, 2.05) is 6.07 Å². The molecule has 0 fully saturated rings. The highest BCUT2D eigenvalue weighted by Gasteiger charge is 2.14.